The van der Waals surface area contributed by atoms with E-state index in [0.717, 1.165) is 12.8 Å². The van der Waals surface area contributed by atoms with Gasteiger partial charge in [0.15, 0.2) is 0 Å². The van der Waals surface area contributed by atoms with Crippen molar-refractivity contribution in [3.05, 3.63) is 29.6 Å². The molecule has 6 nitrogen and oxygen atoms in total. The van der Waals surface area contributed by atoms with Gasteiger partial charge in [-0.1, -0.05) is 6.07 Å². The molecule has 2 saturated carbocycles. The molecule has 0 spiro atoms. The fourth-order valence-electron chi connectivity index (χ4n) is 4.26. The molecule has 3 aliphatic rings. The van der Waals surface area contributed by atoms with E-state index in [4.69, 9.17) is 10.5 Å². The molecule has 7 heteroatoms. The quantitative estimate of drug-likeness (QED) is 0.869. The minimum Gasteiger partial charge on any atom is -0.442 e. The summed E-state index contributed by atoms with van der Waals surface area (Å²) in [6.45, 7) is 1.95. The monoisotopic (exact) mass is 347 g/mol. The van der Waals surface area contributed by atoms with E-state index in [0.29, 0.717) is 35.7 Å². The van der Waals surface area contributed by atoms with Gasteiger partial charge in [0.25, 0.3) is 0 Å². The van der Waals surface area contributed by atoms with Gasteiger partial charge < -0.3 is 15.8 Å². The van der Waals surface area contributed by atoms with Crippen molar-refractivity contribution in [2.45, 2.75) is 37.8 Å². The van der Waals surface area contributed by atoms with E-state index >= 15 is 0 Å². The molecule has 4 rings (SSSR count). The average molecular weight is 347 g/mol. The molecular weight excluding hydrogens is 325 g/mol. The van der Waals surface area contributed by atoms with E-state index < -0.39 is 12.2 Å². The van der Waals surface area contributed by atoms with Crippen molar-refractivity contribution in [2.24, 2.45) is 17.6 Å². The largest absolute Gasteiger partial charge is 0.442 e. The van der Waals surface area contributed by atoms with Gasteiger partial charge >= 0.3 is 6.09 Å². The van der Waals surface area contributed by atoms with Crippen molar-refractivity contribution < 1.29 is 18.7 Å². The summed E-state index contributed by atoms with van der Waals surface area (Å²) in [5.74, 6) is 0.857. The molecule has 2 aliphatic carbocycles. The summed E-state index contributed by atoms with van der Waals surface area (Å²) < 4.78 is 19.8. The Labute approximate surface area is 145 Å². The molecule has 1 heterocycles. The number of nitrogens with zero attached hydrogens (tertiary/aromatic N) is 1. The third kappa shape index (κ3) is 2.97. The second-order valence-electron chi connectivity index (χ2n) is 7.33. The van der Waals surface area contributed by atoms with Crippen molar-refractivity contribution in [2.75, 3.05) is 18.0 Å². The Kier molecular flexibility index (Phi) is 3.91. The summed E-state index contributed by atoms with van der Waals surface area (Å²) >= 11 is 0. The fraction of sp³-hybridized carbons (Fsp3) is 0.556. The van der Waals surface area contributed by atoms with E-state index in [1.807, 2.05) is 0 Å². The van der Waals surface area contributed by atoms with Gasteiger partial charge in [-0.25, -0.2) is 9.18 Å². The zero-order valence-electron chi connectivity index (χ0n) is 14.1. The number of benzene rings is 1. The number of hydrogen-bond donors (Lipinski definition) is 2. The molecule has 3 N–H and O–H groups in total. The predicted molar refractivity (Wildman–Crippen MR) is 89.6 cm³/mol. The Balaban J connectivity index is 1.44. The van der Waals surface area contributed by atoms with Crippen LogP contribution in [0.1, 0.15) is 31.2 Å². The highest BCUT2D eigenvalue weighted by molar-refractivity contribution is 5.89. The van der Waals surface area contributed by atoms with Crippen LogP contribution in [0.15, 0.2) is 18.2 Å². The normalized spacial score (nSPS) is 33.2. The first-order valence-electron chi connectivity index (χ1n) is 8.71. The minimum atomic E-state index is -0.518. The predicted octanol–water partition coefficient (Wildman–Crippen LogP) is 1.74. The first-order valence-corrected chi connectivity index (χ1v) is 8.71. The van der Waals surface area contributed by atoms with E-state index in [9.17, 15) is 14.0 Å². The molecule has 2 unspecified atom stereocenters. The van der Waals surface area contributed by atoms with Crippen LogP contribution in [0.5, 0.6) is 0 Å². The first kappa shape index (κ1) is 16.3. The summed E-state index contributed by atoms with van der Waals surface area (Å²) in [7, 11) is 0. The molecular formula is C18H22FN3O3. The van der Waals surface area contributed by atoms with E-state index in [-0.39, 0.29) is 24.2 Å². The van der Waals surface area contributed by atoms with Gasteiger partial charge in [-0.05, 0) is 48.3 Å². The average Bonchev–Trinajstić information content (AvgIpc) is 2.95. The van der Waals surface area contributed by atoms with E-state index in [1.165, 1.54) is 17.9 Å². The summed E-state index contributed by atoms with van der Waals surface area (Å²) in [4.78, 5) is 24.4. The number of carbonyl (C=O) groups is 2. The number of ether oxygens (including phenoxy) is 1. The topological polar surface area (TPSA) is 84.7 Å². The van der Waals surface area contributed by atoms with Gasteiger partial charge in [0.1, 0.15) is 11.9 Å². The highest BCUT2D eigenvalue weighted by atomic mass is 19.1. The first-order chi connectivity index (χ1) is 11.9. The van der Waals surface area contributed by atoms with Crippen LogP contribution in [0.2, 0.25) is 0 Å². The number of rotatable bonds is 4. The van der Waals surface area contributed by atoms with Crippen molar-refractivity contribution >= 4 is 17.7 Å². The van der Waals surface area contributed by atoms with Gasteiger partial charge in [0.2, 0.25) is 5.91 Å². The standard InChI is InChI=1S/C18H22FN3O3/c1-9(23)21-7-12-8-22(18(24)25-12)11-2-3-13(16(19)6-11)10-4-14-15(5-10)17(14)20/h2-3,6,10,12,14-15,17H,4-5,7-8,20H2,1H3,(H,21,23)/t10?,12-,14?,15?,17?/m0/s1. The van der Waals surface area contributed by atoms with Crippen LogP contribution in [0.3, 0.4) is 0 Å². The molecule has 0 radical (unpaired) electrons. The fourth-order valence-corrected chi connectivity index (χ4v) is 4.26. The summed E-state index contributed by atoms with van der Waals surface area (Å²) in [6, 6.07) is 5.25. The van der Waals surface area contributed by atoms with Gasteiger partial charge in [0, 0.05) is 13.0 Å². The molecule has 1 saturated heterocycles. The molecule has 1 aromatic carbocycles. The lowest BCUT2D eigenvalue weighted by atomic mass is 9.93. The third-order valence-corrected chi connectivity index (χ3v) is 5.70. The van der Waals surface area contributed by atoms with Crippen LogP contribution in [0.25, 0.3) is 0 Å². The maximum Gasteiger partial charge on any atom is 0.414 e. The van der Waals surface area contributed by atoms with Crippen LogP contribution >= 0.6 is 0 Å². The van der Waals surface area contributed by atoms with Gasteiger partial charge in [0.05, 0.1) is 18.8 Å². The van der Waals surface area contributed by atoms with Gasteiger partial charge in [-0.2, -0.15) is 0 Å². The second-order valence-corrected chi connectivity index (χ2v) is 7.33. The SMILES string of the molecule is CC(=O)NC[C@H]1CN(c2ccc(C3CC4C(N)C4C3)c(F)c2)C(=O)O1. The van der Waals surface area contributed by atoms with Crippen LogP contribution in [-0.4, -0.2) is 37.2 Å². The lowest BCUT2D eigenvalue weighted by Crippen LogP contribution is -2.33. The number of fused-ring (bicyclic) bond motifs is 1. The lowest BCUT2D eigenvalue weighted by molar-refractivity contribution is -0.119. The highest BCUT2D eigenvalue weighted by Gasteiger charge is 2.54. The zero-order valence-corrected chi connectivity index (χ0v) is 14.1. The van der Waals surface area contributed by atoms with Crippen LogP contribution < -0.4 is 16.0 Å². The number of amides is 2. The number of carbonyl (C=O) groups excluding carboxylic acids is 2. The molecule has 134 valence electrons. The van der Waals surface area contributed by atoms with Crippen LogP contribution in [-0.2, 0) is 9.53 Å². The molecule has 1 aliphatic heterocycles. The number of hydrogen-bond acceptors (Lipinski definition) is 4. The molecule has 0 bridgehead atoms. The second kappa shape index (κ2) is 5.98. The van der Waals surface area contributed by atoms with E-state index in [1.54, 1.807) is 12.1 Å². The molecule has 25 heavy (non-hydrogen) atoms. The lowest BCUT2D eigenvalue weighted by Gasteiger charge is -2.18. The summed E-state index contributed by atoms with van der Waals surface area (Å²) in [5, 5.41) is 2.62. The summed E-state index contributed by atoms with van der Waals surface area (Å²) in [6.07, 6.45) is 0.956. The molecule has 2 amide bonds. The minimum absolute atomic E-state index is 0.181. The van der Waals surface area contributed by atoms with Gasteiger partial charge in [-0.15, -0.1) is 0 Å². The van der Waals surface area contributed by atoms with Gasteiger partial charge in [-0.3, -0.25) is 9.69 Å². The Morgan fingerprint density at radius 3 is 2.76 bits per heavy atom. The van der Waals surface area contributed by atoms with Crippen molar-refractivity contribution in [3.8, 4) is 0 Å². The molecule has 0 aromatic heterocycles. The van der Waals surface area contributed by atoms with Crippen molar-refractivity contribution in [3.63, 3.8) is 0 Å². The Morgan fingerprint density at radius 2 is 2.12 bits per heavy atom. The smallest absolute Gasteiger partial charge is 0.414 e. The number of nitrogens with two attached hydrogens (primary N) is 1. The maximum absolute atomic E-state index is 14.6. The molecule has 1 aromatic rings. The highest BCUT2D eigenvalue weighted by Crippen LogP contribution is 2.56. The zero-order chi connectivity index (χ0) is 17.7. The Hall–Kier alpha value is -2.15. The number of cyclic esters (lactones) is 1. The molecule has 3 fully saturated rings. The summed E-state index contributed by atoms with van der Waals surface area (Å²) in [5.41, 5.74) is 7.15. The maximum atomic E-state index is 14.6. The van der Waals surface area contributed by atoms with Crippen LogP contribution in [0.4, 0.5) is 14.9 Å². The Morgan fingerprint density at radius 1 is 1.40 bits per heavy atom. The number of nitrogens with one attached hydrogen (secondary N) is 1. The van der Waals surface area contributed by atoms with Crippen molar-refractivity contribution in [1.82, 2.24) is 5.32 Å². The van der Waals surface area contributed by atoms with Crippen LogP contribution in [0, 0.1) is 17.7 Å². The Bertz CT molecular complexity index is 714. The van der Waals surface area contributed by atoms with Crippen molar-refractivity contribution in [1.29, 1.82) is 0 Å². The van der Waals surface area contributed by atoms with E-state index in [2.05, 4.69) is 5.32 Å². The number of anilines is 1. The number of halogens is 1. The molecule has 3 atom stereocenters. The third-order valence-electron chi connectivity index (χ3n) is 5.70.